The van der Waals surface area contributed by atoms with Crippen LogP contribution in [0.5, 0.6) is 0 Å². The number of carbonyl (C=O) groups excluding carboxylic acids is 1. The maximum atomic E-state index is 11.7. The van der Waals surface area contributed by atoms with Crippen molar-refractivity contribution in [3.05, 3.63) is 12.2 Å². The van der Waals surface area contributed by atoms with Gasteiger partial charge < -0.3 is 5.32 Å². The van der Waals surface area contributed by atoms with Crippen molar-refractivity contribution in [2.75, 3.05) is 12.3 Å². The molecule has 1 unspecified atom stereocenters. The lowest BCUT2D eigenvalue weighted by molar-refractivity contribution is -0.122. The van der Waals surface area contributed by atoms with Crippen LogP contribution in [0, 0.1) is 11.3 Å². The Balaban J connectivity index is 1.65. The fourth-order valence-corrected chi connectivity index (χ4v) is 2.70. The number of thiol groups is 1. The number of nitrogens with one attached hydrogen (secondary N) is 1. The molecule has 1 fully saturated rings. The molecule has 2 rings (SSSR count). The van der Waals surface area contributed by atoms with Gasteiger partial charge in [-0.1, -0.05) is 12.2 Å². The molecule has 2 aliphatic rings. The Bertz CT molecular complexity index is 284. The van der Waals surface area contributed by atoms with Crippen molar-refractivity contribution in [3.63, 3.8) is 0 Å². The second-order valence-electron chi connectivity index (χ2n) is 5.29. The standard InChI is InChI=1S/C13H21NOS/c15-12(8-13(10-16)6-7-13)14-9-11-4-2-1-3-5-11/h1-2,11,16H,3-10H2,(H,14,15). The fraction of sp³-hybridized carbons (Fsp3) is 0.769. The highest BCUT2D eigenvalue weighted by Crippen LogP contribution is 2.49. The van der Waals surface area contributed by atoms with Gasteiger partial charge in [0.25, 0.3) is 0 Å². The third kappa shape index (κ3) is 3.27. The predicted octanol–water partition coefficient (Wildman–Crippen LogP) is 2.56. The average Bonchev–Trinajstić information content (AvgIpc) is 3.08. The van der Waals surface area contributed by atoms with Gasteiger partial charge in [0, 0.05) is 13.0 Å². The molecule has 16 heavy (non-hydrogen) atoms. The van der Waals surface area contributed by atoms with E-state index in [4.69, 9.17) is 0 Å². The maximum absolute atomic E-state index is 11.7. The molecule has 0 saturated heterocycles. The molecule has 2 nitrogen and oxygen atoms in total. The predicted molar refractivity (Wildman–Crippen MR) is 69.6 cm³/mol. The smallest absolute Gasteiger partial charge is 0.220 e. The Hall–Kier alpha value is -0.440. The van der Waals surface area contributed by atoms with E-state index in [-0.39, 0.29) is 11.3 Å². The van der Waals surface area contributed by atoms with Crippen molar-refractivity contribution in [1.29, 1.82) is 0 Å². The first-order valence-corrected chi connectivity index (χ1v) is 6.90. The summed E-state index contributed by atoms with van der Waals surface area (Å²) in [4.78, 5) is 11.7. The van der Waals surface area contributed by atoms with Crippen LogP contribution in [0.25, 0.3) is 0 Å². The highest BCUT2D eigenvalue weighted by molar-refractivity contribution is 7.80. The molecule has 2 aliphatic carbocycles. The van der Waals surface area contributed by atoms with Crippen LogP contribution in [-0.2, 0) is 4.79 Å². The molecule has 0 spiro atoms. The lowest BCUT2D eigenvalue weighted by atomic mass is 9.94. The van der Waals surface area contributed by atoms with Crippen molar-refractivity contribution in [2.45, 2.75) is 38.5 Å². The minimum absolute atomic E-state index is 0.223. The van der Waals surface area contributed by atoms with Gasteiger partial charge in [-0.05, 0) is 49.2 Å². The summed E-state index contributed by atoms with van der Waals surface area (Å²) in [6.07, 6.45) is 11.0. The van der Waals surface area contributed by atoms with Crippen LogP contribution in [0.15, 0.2) is 12.2 Å². The van der Waals surface area contributed by atoms with Crippen molar-refractivity contribution < 1.29 is 4.79 Å². The highest BCUT2D eigenvalue weighted by Gasteiger charge is 2.42. The zero-order valence-electron chi connectivity index (χ0n) is 9.74. The highest BCUT2D eigenvalue weighted by atomic mass is 32.1. The summed E-state index contributed by atoms with van der Waals surface area (Å²) in [7, 11) is 0. The van der Waals surface area contributed by atoms with Crippen molar-refractivity contribution >= 4 is 18.5 Å². The lowest BCUT2D eigenvalue weighted by Gasteiger charge is -2.19. The van der Waals surface area contributed by atoms with Gasteiger partial charge in [0.15, 0.2) is 0 Å². The van der Waals surface area contributed by atoms with Crippen LogP contribution >= 0.6 is 12.6 Å². The van der Waals surface area contributed by atoms with Gasteiger partial charge in [0.2, 0.25) is 5.91 Å². The molecule has 90 valence electrons. The van der Waals surface area contributed by atoms with Gasteiger partial charge >= 0.3 is 0 Å². The SMILES string of the molecule is O=C(CC1(CS)CC1)NCC1CC=CCC1. The number of amides is 1. The summed E-state index contributed by atoms with van der Waals surface area (Å²) in [5.74, 6) is 1.73. The minimum atomic E-state index is 0.223. The third-order valence-electron chi connectivity index (χ3n) is 3.79. The Labute approximate surface area is 103 Å². The molecular formula is C13H21NOS. The van der Waals surface area contributed by atoms with Gasteiger partial charge in [-0.3, -0.25) is 4.79 Å². The van der Waals surface area contributed by atoms with E-state index in [0.717, 1.165) is 18.7 Å². The van der Waals surface area contributed by atoms with E-state index in [1.54, 1.807) is 0 Å². The maximum Gasteiger partial charge on any atom is 0.220 e. The first kappa shape index (κ1) is 12.0. The van der Waals surface area contributed by atoms with Crippen molar-refractivity contribution in [3.8, 4) is 0 Å². The van der Waals surface area contributed by atoms with Crippen molar-refractivity contribution in [2.24, 2.45) is 11.3 Å². The second kappa shape index (κ2) is 5.26. The lowest BCUT2D eigenvalue weighted by Crippen LogP contribution is -2.31. The number of carbonyl (C=O) groups is 1. The monoisotopic (exact) mass is 239 g/mol. The van der Waals surface area contributed by atoms with E-state index >= 15 is 0 Å². The average molecular weight is 239 g/mol. The van der Waals surface area contributed by atoms with Gasteiger partial charge in [-0.15, -0.1) is 0 Å². The molecule has 1 amide bonds. The van der Waals surface area contributed by atoms with Crippen molar-refractivity contribution in [1.82, 2.24) is 5.32 Å². The van der Waals surface area contributed by atoms with Crippen LogP contribution in [0.1, 0.15) is 38.5 Å². The molecule has 0 aromatic rings. The Kier molecular flexibility index (Phi) is 3.95. The van der Waals surface area contributed by atoms with Crippen LogP contribution in [0.4, 0.5) is 0 Å². The van der Waals surface area contributed by atoms with E-state index in [1.165, 1.54) is 25.7 Å². The minimum Gasteiger partial charge on any atom is -0.356 e. The molecule has 0 radical (unpaired) electrons. The zero-order chi connectivity index (χ0) is 11.4. The molecule has 0 aromatic carbocycles. The molecule has 0 aromatic heterocycles. The molecule has 1 N–H and O–H groups in total. The topological polar surface area (TPSA) is 29.1 Å². The largest absolute Gasteiger partial charge is 0.356 e. The Morgan fingerprint density at radius 3 is 2.81 bits per heavy atom. The van der Waals surface area contributed by atoms with Gasteiger partial charge in [-0.25, -0.2) is 0 Å². The van der Waals surface area contributed by atoms with Gasteiger partial charge in [0.05, 0.1) is 0 Å². The molecule has 3 heteroatoms. The number of hydrogen-bond acceptors (Lipinski definition) is 2. The van der Waals surface area contributed by atoms with E-state index in [2.05, 4.69) is 30.1 Å². The van der Waals surface area contributed by atoms with Crippen LogP contribution in [0.2, 0.25) is 0 Å². The normalized spacial score (nSPS) is 26.4. The molecule has 0 aliphatic heterocycles. The number of hydrogen-bond donors (Lipinski definition) is 2. The summed E-state index contributed by atoms with van der Waals surface area (Å²) < 4.78 is 0. The summed E-state index contributed by atoms with van der Waals surface area (Å²) in [5.41, 5.74) is 0.250. The molecular weight excluding hydrogens is 218 g/mol. The van der Waals surface area contributed by atoms with Crippen LogP contribution < -0.4 is 5.32 Å². The summed E-state index contributed by atoms with van der Waals surface area (Å²) >= 11 is 4.32. The van der Waals surface area contributed by atoms with E-state index in [1.807, 2.05) is 0 Å². The quantitative estimate of drug-likeness (QED) is 0.560. The third-order valence-corrected chi connectivity index (χ3v) is 4.46. The van der Waals surface area contributed by atoms with Crippen LogP contribution in [0.3, 0.4) is 0 Å². The second-order valence-corrected chi connectivity index (χ2v) is 5.61. The Morgan fingerprint density at radius 1 is 1.44 bits per heavy atom. The van der Waals surface area contributed by atoms with Crippen LogP contribution in [-0.4, -0.2) is 18.2 Å². The van der Waals surface area contributed by atoms with Gasteiger partial charge in [-0.2, -0.15) is 12.6 Å². The van der Waals surface area contributed by atoms with Gasteiger partial charge in [0.1, 0.15) is 0 Å². The van der Waals surface area contributed by atoms with E-state index in [9.17, 15) is 4.79 Å². The summed E-state index contributed by atoms with van der Waals surface area (Å²) in [6.45, 7) is 0.853. The molecule has 0 heterocycles. The first-order valence-electron chi connectivity index (χ1n) is 6.27. The fourth-order valence-electron chi connectivity index (χ4n) is 2.27. The summed E-state index contributed by atoms with van der Waals surface area (Å²) in [5, 5.41) is 3.08. The number of rotatable bonds is 5. The number of allylic oxidation sites excluding steroid dienone is 2. The molecule has 1 saturated carbocycles. The first-order chi connectivity index (χ1) is 7.74. The summed E-state index contributed by atoms with van der Waals surface area (Å²) in [6, 6.07) is 0. The zero-order valence-corrected chi connectivity index (χ0v) is 10.6. The van der Waals surface area contributed by atoms with E-state index in [0.29, 0.717) is 12.3 Å². The Morgan fingerprint density at radius 2 is 2.25 bits per heavy atom. The molecule has 1 atom stereocenters. The van der Waals surface area contributed by atoms with E-state index < -0.39 is 0 Å². The molecule has 0 bridgehead atoms.